The second kappa shape index (κ2) is 7.15. The molecule has 1 N–H and O–H groups in total. The van der Waals surface area contributed by atoms with Crippen LogP contribution < -0.4 is 10.1 Å². The summed E-state index contributed by atoms with van der Waals surface area (Å²) in [6.07, 6.45) is 2.46. The highest BCUT2D eigenvalue weighted by molar-refractivity contribution is 9.10. The molecule has 0 amide bonds. The van der Waals surface area contributed by atoms with Gasteiger partial charge in [-0.25, -0.2) is 0 Å². The monoisotopic (exact) mass is 313 g/mol. The van der Waals surface area contributed by atoms with E-state index in [2.05, 4.69) is 48.9 Å². The smallest absolute Gasteiger partial charge is 0.119 e. The van der Waals surface area contributed by atoms with Gasteiger partial charge >= 0.3 is 0 Å². The van der Waals surface area contributed by atoms with E-state index < -0.39 is 0 Å². The lowest BCUT2D eigenvalue weighted by Gasteiger charge is -2.21. The maximum atomic E-state index is 5.85. The molecule has 0 fully saturated rings. The highest BCUT2D eigenvalue weighted by Crippen LogP contribution is 2.18. The normalized spacial score (nSPS) is 13.4. The second-order valence-electron chi connectivity index (χ2n) is 5.70. The molecule has 0 saturated heterocycles. The average molecular weight is 314 g/mol. The SMILES string of the molecule is CC(CCCNC(C)(C)C)Oc1ccc(Br)cc1. The van der Waals surface area contributed by atoms with Gasteiger partial charge in [-0.1, -0.05) is 15.9 Å². The molecule has 2 nitrogen and oxygen atoms in total. The predicted octanol–water partition coefficient (Wildman–Crippen LogP) is 4.38. The van der Waals surface area contributed by atoms with Gasteiger partial charge in [-0.3, -0.25) is 0 Å². The molecule has 0 heterocycles. The number of hydrogen-bond acceptors (Lipinski definition) is 2. The number of ether oxygens (including phenoxy) is 1. The summed E-state index contributed by atoms with van der Waals surface area (Å²) in [4.78, 5) is 0. The van der Waals surface area contributed by atoms with E-state index in [1.807, 2.05) is 24.3 Å². The first-order chi connectivity index (χ1) is 8.37. The fraction of sp³-hybridized carbons (Fsp3) is 0.600. The first kappa shape index (κ1) is 15.5. The third kappa shape index (κ3) is 7.02. The highest BCUT2D eigenvalue weighted by atomic mass is 79.9. The van der Waals surface area contributed by atoms with E-state index in [-0.39, 0.29) is 11.6 Å². The van der Waals surface area contributed by atoms with Crippen molar-refractivity contribution >= 4 is 15.9 Å². The minimum absolute atomic E-state index is 0.204. The van der Waals surface area contributed by atoms with Crippen molar-refractivity contribution in [2.24, 2.45) is 0 Å². The van der Waals surface area contributed by atoms with Gasteiger partial charge in [-0.15, -0.1) is 0 Å². The molecule has 0 aliphatic heterocycles. The van der Waals surface area contributed by atoms with Crippen molar-refractivity contribution in [3.63, 3.8) is 0 Å². The van der Waals surface area contributed by atoms with Crippen LogP contribution in [0.3, 0.4) is 0 Å². The quantitative estimate of drug-likeness (QED) is 0.787. The topological polar surface area (TPSA) is 21.3 Å². The van der Waals surface area contributed by atoms with E-state index in [0.717, 1.165) is 29.6 Å². The molecule has 0 bridgehead atoms. The molecule has 0 aliphatic rings. The van der Waals surface area contributed by atoms with Crippen molar-refractivity contribution in [3.05, 3.63) is 28.7 Å². The van der Waals surface area contributed by atoms with Crippen LogP contribution in [0.2, 0.25) is 0 Å². The maximum Gasteiger partial charge on any atom is 0.119 e. The fourth-order valence-electron chi connectivity index (χ4n) is 1.66. The molecule has 3 heteroatoms. The van der Waals surface area contributed by atoms with Crippen LogP contribution in [0.1, 0.15) is 40.5 Å². The summed E-state index contributed by atoms with van der Waals surface area (Å²) in [5.41, 5.74) is 0.204. The Balaban J connectivity index is 2.21. The maximum absolute atomic E-state index is 5.85. The van der Waals surface area contributed by atoms with Crippen molar-refractivity contribution in [1.82, 2.24) is 5.32 Å². The third-order valence-electron chi connectivity index (χ3n) is 2.59. The zero-order chi connectivity index (χ0) is 13.6. The molecule has 102 valence electrons. The Bertz CT molecular complexity index is 343. The van der Waals surface area contributed by atoms with Gasteiger partial charge in [0.1, 0.15) is 5.75 Å². The summed E-state index contributed by atoms with van der Waals surface area (Å²) in [6.45, 7) is 9.73. The fourth-order valence-corrected chi connectivity index (χ4v) is 1.92. The van der Waals surface area contributed by atoms with Gasteiger partial charge in [-0.2, -0.15) is 0 Å². The van der Waals surface area contributed by atoms with E-state index in [4.69, 9.17) is 4.74 Å². The van der Waals surface area contributed by atoms with Crippen molar-refractivity contribution in [2.45, 2.75) is 52.2 Å². The van der Waals surface area contributed by atoms with Crippen molar-refractivity contribution in [3.8, 4) is 5.75 Å². The largest absolute Gasteiger partial charge is 0.491 e. The van der Waals surface area contributed by atoms with Gasteiger partial charge in [0.15, 0.2) is 0 Å². The van der Waals surface area contributed by atoms with Crippen LogP contribution in [0.25, 0.3) is 0 Å². The summed E-state index contributed by atoms with van der Waals surface area (Å²) >= 11 is 3.42. The molecule has 0 radical (unpaired) electrons. The molecular weight excluding hydrogens is 290 g/mol. The number of rotatable bonds is 6. The Hall–Kier alpha value is -0.540. The van der Waals surface area contributed by atoms with E-state index in [0.29, 0.717) is 0 Å². The molecular formula is C15H24BrNO. The lowest BCUT2D eigenvalue weighted by Crippen LogP contribution is -2.36. The summed E-state index contributed by atoms with van der Waals surface area (Å²) < 4.78 is 6.93. The van der Waals surface area contributed by atoms with Crippen molar-refractivity contribution in [2.75, 3.05) is 6.54 Å². The number of nitrogens with one attached hydrogen (secondary N) is 1. The minimum atomic E-state index is 0.204. The second-order valence-corrected chi connectivity index (χ2v) is 6.62. The van der Waals surface area contributed by atoms with Gasteiger partial charge in [0.2, 0.25) is 0 Å². The van der Waals surface area contributed by atoms with E-state index in [1.165, 1.54) is 0 Å². The number of hydrogen-bond donors (Lipinski definition) is 1. The summed E-state index contributed by atoms with van der Waals surface area (Å²) in [5.74, 6) is 0.939. The van der Waals surface area contributed by atoms with Crippen LogP contribution in [0.4, 0.5) is 0 Å². The standard InChI is InChI=1S/C15H24BrNO/c1-12(6-5-11-17-15(2,3)4)18-14-9-7-13(16)8-10-14/h7-10,12,17H,5-6,11H2,1-4H3. The zero-order valence-corrected chi connectivity index (χ0v) is 13.4. The minimum Gasteiger partial charge on any atom is -0.491 e. The van der Waals surface area contributed by atoms with Gasteiger partial charge in [0.25, 0.3) is 0 Å². The average Bonchev–Trinajstić information content (AvgIpc) is 2.26. The molecule has 0 saturated carbocycles. The lowest BCUT2D eigenvalue weighted by atomic mass is 10.1. The Labute approximate surface area is 119 Å². The van der Waals surface area contributed by atoms with Crippen LogP contribution in [-0.2, 0) is 0 Å². The van der Waals surface area contributed by atoms with Gasteiger partial charge in [0.05, 0.1) is 6.10 Å². The first-order valence-electron chi connectivity index (χ1n) is 6.54. The van der Waals surface area contributed by atoms with E-state index >= 15 is 0 Å². The van der Waals surface area contributed by atoms with Gasteiger partial charge in [0, 0.05) is 10.0 Å². The summed E-state index contributed by atoms with van der Waals surface area (Å²) in [5, 5.41) is 3.49. The summed E-state index contributed by atoms with van der Waals surface area (Å²) in [7, 11) is 0. The van der Waals surface area contributed by atoms with Gasteiger partial charge in [-0.05, 0) is 71.3 Å². The molecule has 0 aromatic heterocycles. The number of benzene rings is 1. The van der Waals surface area contributed by atoms with Crippen LogP contribution in [0, 0.1) is 0 Å². The summed E-state index contributed by atoms with van der Waals surface area (Å²) in [6, 6.07) is 7.99. The molecule has 1 aromatic carbocycles. The Morgan fingerprint density at radius 3 is 2.39 bits per heavy atom. The molecule has 0 aliphatic carbocycles. The Kier molecular flexibility index (Phi) is 6.16. The van der Waals surface area contributed by atoms with Gasteiger partial charge < -0.3 is 10.1 Å². The zero-order valence-electron chi connectivity index (χ0n) is 11.8. The van der Waals surface area contributed by atoms with E-state index in [1.54, 1.807) is 0 Å². The van der Waals surface area contributed by atoms with Crippen molar-refractivity contribution < 1.29 is 4.74 Å². The molecule has 1 atom stereocenters. The van der Waals surface area contributed by atoms with Crippen molar-refractivity contribution in [1.29, 1.82) is 0 Å². The van der Waals surface area contributed by atoms with E-state index in [9.17, 15) is 0 Å². The van der Waals surface area contributed by atoms with Crippen LogP contribution in [-0.4, -0.2) is 18.2 Å². The Morgan fingerprint density at radius 2 is 1.83 bits per heavy atom. The van der Waals surface area contributed by atoms with Crippen LogP contribution in [0.15, 0.2) is 28.7 Å². The van der Waals surface area contributed by atoms with Crippen LogP contribution >= 0.6 is 15.9 Å². The highest BCUT2D eigenvalue weighted by Gasteiger charge is 2.09. The number of halogens is 1. The predicted molar refractivity (Wildman–Crippen MR) is 81.2 cm³/mol. The lowest BCUT2D eigenvalue weighted by molar-refractivity contribution is 0.206. The first-order valence-corrected chi connectivity index (χ1v) is 7.33. The van der Waals surface area contributed by atoms with Crippen LogP contribution in [0.5, 0.6) is 5.75 Å². The molecule has 0 spiro atoms. The molecule has 1 aromatic rings. The molecule has 18 heavy (non-hydrogen) atoms. The third-order valence-corrected chi connectivity index (χ3v) is 3.12. The molecule has 1 unspecified atom stereocenters. The Morgan fingerprint density at radius 1 is 1.22 bits per heavy atom. The molecule has 1 rings (SSSR count).